The van der Waals surface area contributed by atoms with Crippen molar-refractivity contribution in [2.24, 2.45) is 0 Å². The molecule has 102 valence electrons. The van der Waals surface area contributed by atoms with Gasteiger partial charge in [-0.2, -0.15) is 9.57 Å². The molecule has 0 unspecified atom stereocenters. The molecule has 1 aromatic heterocycles. The lowest BCUT2D eigenvalue weighted by atomic mass is 10.4. The molecule has 1 heterocycles. The minimum absolute atomic E-state index is 0.121. The summed E-state index contributed by atoms with van der Waals surface area (Å²) in [6.07, 6.45) is 1.34. The largest absolute Gasteiger partial charge is 0.358 e. The highest BCUT2D eigenvalue weighted by Crippen LogP contribution is 2.17. The van der Waals surface area contributed by atoms with Gasteiger partial charge < -0.3 is 5.32 Å². The zero-order chi connectivity index (χ0) is 14.5. The Morgan fingerprint density at radius 3 is 2.79 bits per heavy atom. The summed E-state index contributed by atoms with van der Waals surface area (Å²) in [6, 6.07) is 4.46. The number of hydrogen-bond donors (Lipinski definition) is 1. The van der Waals surface area contributed by atoms with Crippen LogP contribution in [0, 0.1) is 11.3 Å². The Balaban J connectivity index is 3.22. The molecule has 0 aliphatic carbocycles. The Morgan fingerprint density at radius 1 is 1.58 bits per heavy atom. The second-order valence-corrected chi connectivity index (χ2v) is 5.47. The third-order valence-electron chi connectivity index (χ3n) is 2.45. The van der Waals surface area contributed by atoms with Crippen LogP contribution in [0.15, 0.2) is 23.2 Å². The highest BCUT2D eigenvalue weighted by atomic mass is 32.2. The van der Waals surface area contributed by atoms with E-state index >= 15 is 0 Å². The fourth-order valence-electron chi connectivity index (χ4n) is 1.43. The first kappa shape index (κ1) is 15.1. The van der Waals surface area contributed by atoms with Crippen molar-refractivity contribution in [2.45, 2.75) is 11.8 Å². The van der Waals surface area contributed by atoms with Gasteiger partial charge in [0, 0.05) is 19.8 Å². The Morgan fingerprint density at radius 2 is 2.26 bits per heavy atom. The molecule has 0 bridgehead atoms. The Hall–Kier alpha value is -1.98. The van der Waals surface area contributed by atoms with Crippen LogP contribution in [0.5, 0.6) is 0 Å². The molecule has 0 atom stereocenters. The van der Waals surface area contributed by atoms with Gasteiger partial charge in [-0.3, -0.25) is 4.79 Å². The maximum Gasteiger partial charge on any atom is 0.246 e. The molecule has 1 rings (SSSR count). The molecule has 0 fully saturated rings. The molecule has 1 amide bonds. The highest BCUT2D eigenvalue weighted by Gasteiger charge is 2.27. The number of carbonyl (C=O) groups is 1. The van der Waals surface area contributed by atoms with Crippen molar-refractivity contribution in [2.75, 3.05) is 20.1 Å². The summed E-state index contributed by atoms with van der Waals surface area (Å²) in [5.41, 5.74) is -0.183. The zero-order valence-electron chi connectivity index (χ0n) is 10.6. The van der Waals surface area contributed by atoms with Gasteiger partial charge in [0.1, 0.15) is 11.0 Å². The predicted molar refractivity (Wildman–Crippen MR) is 67.5 cm³/mol. The van der Waals surface area contributed by atoms with Crippen molar-refractivity contribution in [3.63, 3.8) is 0 Å². The number of nitrogens with one attached hydrogen (secondary N) is 1. The van der Waals surface area contributed by atoms with Crippen molar-refractivity contribution in [1.82, 2.24) is 14.6 Å². The summed E-state index contributed by atoms with van der Waals surface area (Å²) in [5.74, 6) is -0.423. The van der Waals surface area contributed by atoms with E-state index in [-0.39, 0.29) is 23.7 Å². The monoisotopic (exact) mass is 282 g/mol. The molecule has 0 aliphatic rings. The second-order valence-electron chi connectivity index (χ2n) is 3.57. The molecular formula is C11H14N4O3S. The number of sulfonamides is 1. The van der Waals surface area contributed by atoms with Gasteiger partial charge >= 0.3 is 0 Å². The number of nitriles is 1. The molecule has 1 N–H and O–H groups in total. The van der Waals surface area contributed by atoms with Gasteiger partial charge in [0.05, 0.1) is 6.54 Å². The second kappa shape index (κ2) is 6.26. The summed E-state index contributed by atoms with van der Waals surface area (Å²) in [4.78, 5) is 14.8. The van der Waals surface area contributed by atoms with Crippen LogP contribution in [0.3, 0.4) is 0 Å². The van der Waals surface area contributed by atoms with Crippen molar-refractivity contribution in [1.29, 1.82) is 5.26 Å². The third kappa shape index (κ3) is 3.27. The molecule has 19 heavy (non-hydrogen) atoms. The smallest absolute Gasteiger partial charge is 0.246 e. The van der Waals surface area contributed by atoms with E-state index in [1.807, 2.05) is 0 Å². The average molecular weight is 282 g/mol. The summed E-state index contributed by atoms with van der Waals surface area (Å²) in [6.45, 7) is 1.44. The summed E-state index contributed by atoms with van der Waals surface area (Å²) < 4.78 is 25.7. The Bertz CT molecular complexity index is 607. The van der Waals surface area contributed by atoms with Crippen LogP contribution in [0.25, 0.3) is 0 Å². The minimum atomic E-state index is -3.91. The highest BCUT2D eigenvalue weighted by molar-refractivity contribution is 7.89. The van der Waals surface area contributed by atoms with E-state index in [0.29, 0.717) is 0 Å². The number of amides is 1. The normalized spacial score (nSPS) is 11.1. The quantitative estimate of drug-likeness (QED) is 0.799. The fourth-order valence-corrected chi connectivity index (χ4v) is 2.93. The standard InChI is InChI=1S/C11H14N4O3S/c1-3-15(8-11(16)13-2)19(17,18)10-5-4-6-14-9(10)7-12/h4-6H,3,8H2,1-2H3,(H,13,16). The first-order valence-electron chi connectivity index (χ1n) is 5.53. The van der Waals surface area contributed by atoms with Crippen LogP contribution >= 0.6 is 0 Å². The van der Waals surface area contributed by atoms with Crippen LogP contribution in [0.4, 0.5) is 0 Å². The Kier molecular flexibility index (Phi) is 4.97. The molecule has 7 nitrogen and oxygen atoms in total. The van der Waals surface area contributed by atoms with E-state index in [0.717, 1.165) is 4.31 Å². The number of likely N-dealkylation sites (N-methyl/N-ethyl adjacent to an activating group) is 2. The summed E-state index contributed by atoms with van der Waals surface area (Å²) in [7, 11) is -2.49. The molecule has 0 spiro atoms. The molecular weight excluding hydrogens is 268 g/mol. The fraction of sp³-hybridized carbons (Fsp3) is 0.364. The van der Waals surface area contributed by atoms with Gasteiger partial charge in [0.25, 0.3) is 0 Å². The van der Waals surface area contributed by atoms with Gasteiger partial charge in [0.15, 0.2) is 5.69 Å². The minimum Gasteiger partial charge on any atom is -0.358 e. The maximum atomic E-state index is 12.3. The van der Waals surface area contributed by atoms with Gasteiger partial charge in [0.2, 0.25) is 15.9 Å². The van der Waals surface area contributed by atoms with Crippen LogP contribution in [-0.2, 0) is 14.8 Å². The van der Waals surface area contributed by atoms with E-state index in [1.54, 1.807) is 13.0 Å². The van der Waals surface area contributed by atoms with Gasteiger partial charge in [-0.05, 0) is 12.1 Å². The zero-order valence-corrected chi connectivity index (χ0v) is 11.4. The van der Waals surface area contributed by atoms with Gasteiger partial charge in [-0.25, -0.2) is 13.4 Å². The molecule has 8 heteroatoms. The predicted octanol–water partition coefficient (Wildman–Crippen LogP) is -0.290. The van der Waals surface area contributed by atoms with E-state index < -0.39 is 15.9 Å². The van der Waals surface area contributed by atoms with Crippen LogP contribution < -0.4 is 5.32 Å². The number of rotatable bonds is 5. The summed E-state index contributed by atoms with van der Waals surface area (Å²) in [5, 5.41) is 11.2. The van der Waals surface area contributed by atoms with E-state index in [4.69, 9.17) is 5.26 Å². The molecule has 0 saturated carbocycles. The third-order valence-corrected chi connectivity index (χ3v) is 4.40. The van der Waals surface area contributed by atoms with Crippen molar-refractivity contribution >= 4 is 15.9 Å². The number of aromatic nitrogens is 1. The molecule has 0 aromatic carbocycles. The first-order valence-corrected chi connectivity index (χ1v) is 6.97. The molecule has 0 radical (unpaired) electrons. The lowest BCUT2D eigenvalue weighted by Gasteiger charge is -2.19. The lowest BCUT2D eigenvalue weighted by Crippen LogP contribution is -2.39. The van der Waals surface area contributed by atoms with Crippen LogP contribution in [0.1, 0.15) is 12.6 Å². The van der Waals surface area contributed by atoms with E-state index in [2.05, 4.69) is 10.3 Å². The van der Waals surface area contributed by atoms with Crippen molar-refractivity contribution in [3.8, 4) is 6.07 Å². The SMILES string of the molecule is CCN(CC(=O)NC)S(=O)(=O)c1cccnc1C#N. The van der Waals surface area contributed by atoms with E-state index in [9.17, 15) is 13.2 Å². The van der Waals surface area contributed by atoms with Gasteiger partial charge in [-0.15, -0.1) is 0 Å². The van der Waals surface area contributed by atoms with E-state index in [1.165, 1.54) is 25.4 Å². The molecule has 0 saturated heterocycles. The van der Waals surface area contributed by atoms with Crippen molar-refractivity contribution in [3.05, 3.63) is 24.0 Å². The Labute approximate surface area is 111 Å². The number of hydrogen-bond acceptors (Lipinski definition) is 5. The number of nitrogens with zero attached hydrogens (tertiary/aromatic N) is 3. The lowest BCUT2D eigenvalue weighted by molar-refractivity contribution is -0.120. The topological polar surface area (TPSA) is 103 Å². The molecule has 1 aromatic rings. The number of pyridine rings is 1. The first-order chi connectivity index (χ1) is 8.97. The average Bonchev–Trinajstić information content (AvgIpc) is 2.43. The van der Waals surface area contributed by atoms with Gasteiger partial charge in [-0.1, -0.05) is 6.92 Å². The number of carbonyl (C=O) groups excluding carboxylic acids is 1. The van der Waals surface area contributed by atoms with Crippen LogP contribution in [0.2, 0.25) is 0 Å². The maximum absolute atomic E-state index is 12.3. The van der Waals surface area contributed by atoms with Crippen LogP contribution in [-0.4, -0.2) is 43.8 Å². The van der Waals surface area contributed by atoms with Crippen molar-refractivity contribution < 1.29 is 13.2 Å². The summed E-state index contributed by atoms with van der Waals surface area (Å²) >= 11 is 0. The molecule has 0 aliphatic heterocycles.